The van der Waals surface area contributed by atoms with Crippen LogP contribution in [0.4, 0.5) is 5.69 Å². The molecule has 0 unspecified atom stereocenters. The molecule has 0 atom stereocenters. The van der Waals surface area contributed by atoms with E-state index in [1.807, 2.05) is 42.5 Å². The Labute approximate surface area is 135 Å². The number of benzene rings is 2. The molecule has 3 aromatic rings. The first-order valence-electron chi connectivity index (χ1n) is 6.12. The first kappa shape index (κ1) is 13.6. The van der Waals surface area contributed by atoms with Gasteiger partial charge in [-0.05, 0) is 52.9 Å². The Morgan fingerprint density at radius 3 is 2.70 bits per heavy atom. The molecule has 0 spiro atoms. The summed E-state index contributed by atoms with van der Waals surface area (Å²) in [6.45, 7) is 0.595. The first-order chi connectivity index (χ1) is 9.72. The fraction of sp³-hybridized carbons (Fsp3) is 0.0667. The number of hydrogen-bond acceptors (Lipinski definition) is 3. The molecule has 100 valence electrons. The van der Waals surface area contributed by atoms with Crippen LogP contribution in [0.1, 0.15) is 5.69 Å². The highest BCUT2D eigenvalue weighted by molar-refractivity contribution is 14.1. The molecule has 0 aliphatic heterocycles. The number of para-hydroxylation sites is 2. The van der Waals surface area contributed by atoms with E-state index in [4.69, 9.17) is 11.6 Å². The minimum absolute atomic E-state index is 0.595. The first-order valence-corrected chi connectivity index (χ1v) is 7.57. The van der Waals surface area contributed by atoms with Crippen LogP contribution in [0.2, 0.25) is 5.02 Å². The maximum absolute atomic E-state index is 6.19. The highest BCUT2D eigenvalue weighted by atomic mass is 127. The van der Waals surface area contributed by atoms with Crippen LogP contribution in [0.25, 0.3) is 11.0 Å². The maximum atomic E-state index is 6.19. The van der Waals surface area contributed by atoms with Crippen LogP contribution >= 0.6 is 34.2 Å². The van der Waals surface area contributed by atoms with Gasteiger partial charge < -0.3 is 5.32 Å². The zero-order valence-electron chi connectivity index (χ0n) is 10.5. The second-order valence-corrected chi connectivity index (χ2v) is 5.98. The van der Waals surface area contributed by atoms with Crippen LogP contribution in [-0.2, 0) is 6.54 Å². The maximum Gasteiger partial charge on any atom is 0.0890 e. The number of nitrogens with one attached hydrogen (secondary N) is 1. The molecule has 0 radical (unpaired) electrons. The summed E-state index contributed by atoms with van der Waals surface area (Å²) in [5.74, 6) is 0. The van der Waals surface area contributed by atoms with Crippen LogP contribution in [-0.4, -0.2) is 9.97 Å². The average Bonchev–Trinajstić information content (AvgIpc) is 2.46. The predicted molar refractivity (Wildman–Crippen MR) is 91.0 cm³/mol. The van der Waals surface area contributed by atoms with Gasteiger partial charge in [-0.25, -0.2) is 4.98 Å². The highest BCUT2D eigenvalue weighted by Crippen LogP contribution is 2.24. The van der Waals surface area contributed by atoms with Crippen molar-refractivity contribution in [1.29, 1.82) is 0 Å². The third kappa shape index (κ3) is 3.02. The Kier molecular flexibility index (Phi) is 4.03. The van der Waals surface area contributed by atoms with Gasteiger partial charge in [-0.15, -0.1) is 0 Å². The molecule has 0 fully saturated rings. The normalized spacial score (nSPS) is 10.7. The number of rotatable bonds is 3. The van der Waals surface area contributed by atoms with Crippen molar-refractivity contribution in [3.8, 4) is 0 Å². The van der Waals surface area contributed by atoms with E-state index in [-0.39, 0.29) is 0 Å². The summed E-state index contributed by atoms with van der Waals surface area (Å²) in [5, 5.41) is 4.00. The number of hydrogen-bond donors (Lipinski definition) is 1. The fourth-order valence-corrected chi connectivity index (χ4v) is 2.82. The topological polar surface area (TPSA) is 37.8 Å². The smallest absolute Gasteiger partial charge is 0.0890 e. The lowest BCUT2D eigenvalue weighted by molar-refractivity contribution is 1.04. The molecule has 0 bridgehead atoms. The Bertz CT molecular complexity index is 761. The van der Waals surface area contributed by atoms with Crippen molar-refractivity contribution in [3.63, 3.8) is 0 Å². The summed E-state index contributed by atoms with van der Waals surface area (Å²) in [7, 11) is 0. The fourth-order valence-electron chi connectivity index (χ4n) is 1.90. The molecule has 0 saturated carbocycles. The molecule has 0 saturated heterocycles. The van der Waals surface area contributed by atoms with Gasteiger partial charge in [0.1, 0.15) is 0 Å². The molecule has 0 aliphatic rings. The monoisotopic (exact) mass is 395 g/mol. The zero-order valence-corrected chi connectivity index (χ0v) is 13.4. The van der Waals surface area contributed by atoms with E-state index < -0.39 is 0 Å². The van der Waals surface area contributed by atoms with Crippen LogP contribution in [0, 0.1) is 3.57 Å². The van der Waals surface area contributed by atoms with Gasteiger partial charge in [0.05, 0.1) is 40.2 Å². The van der Waals surface area contributed by atoms with E-state index in [9.17, 15) is 0 Å². The number of fused-ring (bicyclic) bond motifs is 1. The SMILES string of the molecule is Clc1cc(I)ccc1NCc1cnc2ccccc2n1. The summed E-state index contributed by atoms with van der Waals surface area (Å²) in [6.07, 6.45) is 1.79. The lowest BCUT2D eigenvalue weighted by atomic mass is 10.3. The minimum Gasteiger partial charge on any atom is -0.378 e. The van der Waals surface area contributed by atoms with Crippen LogP contribution in [0.15, 0.2) is 48.7 Å². The van der Waals surface area contributed by atoms with Crippen LogP contribution in [0.5, 0.6) is 0 Å². The summed E-state index contributed by atoms with van der Waals surface area (Å²) in [5.41, 5.74) is 3.60. The summed E-state index contributed by atoms with van der Waals surface area (Å²) >= 11 is 8.42. The molecule has 1 N–H and O–H groups in total. The third-order valence-electron chi connectivity index (χ3n) is 2.89. The lowest BCUT2D eigenvalue weighted by Gasteiger charge is -2.08. The minimum atomic E-state index is 0.595. The van der Waals surface area contributed by atoms with Gasteiger partial charge in [-0.2, -0.15) is 0 Å². The molecular weight excluding hydrogens is 385 g/mol. The van der Waals surface area contributed by atoms with E-state index in [1.165, 1.54) is 0 Å². The van der Waals surface area contributed by atoms with Crippen molar-refractivity contribution in [2.45, 2.75) is 6.54 Å². The quantitative estimate of drug-likeness (QED) is 0.664. The second-order valence-electron chi connectivity index (χ2n) is 4.33. The van der Waals surface area contributed by atoms with Gasteiger partial charge in [0.2, 0.25) is 0 Å². The van der Waals surface area contributed by atoms with Crippen molar-refractivity contribution < 1.29 is 0 Å². The number of anilines is 1. The largest absolute Gasteiger partial charge is 0.378 e. The molecule has 3 nitrogen and oxygen atoms in total. The van der Waals surface area contributed by atoms with E-state index in [0.29, 0.717) is 11.6 Å². The van der Waals surface area contributed by atoms with E-state index >= 15 is 0 Å². The molecule has 20 heavy (non-hydrogen) atoms. The number of nitrogens with zero attached hydrogens (tertiary/aromatic N) is 2. The van der Waals surface area contributed by atoms with Crippen molar-refractivity contribution in [2.24, 2.45) is 0 Å². The van der Waals surface area contributed by atoms with Crippen molar-refractivity contribution >= 4 is 50.9 Å². The number of aromatic nitrogens is 2. The molecule has 0 amide bonds. The summed E-state index contributed by atoms with van der Waals surface area (Å²) < 4.78 is 1.11. The molecule has 0 aliphatic carbocycles. The van der Waals surface area contributed by atoms with Gasteiger partial charge in [-0.1, -0.05) is 23.7 Å². The summed E-state index contributed by atoms with van der Waals surface area (Å²) in [4.78, 5) is 8.96. The second kappa shape index (κ2) is 5.93. The van der Waals surface area contributed by atoms with E-state index in [2.05, 4.69) is 37.9 Å². The van der Waals surface area contributed by atoms with Crippen molar-refractivity contribution in [3.05, 3.63) is 62.9 Å². The molecular formula is C15H11ClIN3. The molecule has 1 aromatic heterocycles. The van der Waals surface area contributed by atoms with Gasteiger partial charge >= 0.3 is 0 Å². The summed E-state index contributed by atoms with van der Waals surface area (Å²) in [6, 6.07) is 13.7. The Hall–Kier alpha value is -1.40. The van der Waals surface area contributed by atoms with Crippen LogP contribution in [0.3, 0.4) is 0 Å². The lowest BCUT2D eigenvalue weighted by Crippen LogP contribution is -2.03. The van der Waals surface area contributed by atoms with Crippen molar-refractivity contribution in [2.75, 3.05) is 5.32 Å². The van der Waals surface area contributed by atoms with Gasteiger partial charge in [0.25, 0.3) is 0 Å². The number of halogens is 2. The molecule has 5 heteroatoms. The van der Waals surface area contributed by atoms with Crippen molar-refractivity contribution in [1.82, 2.24) is 9.97 Å². The Balaban J connectivity index is 1.79. The molecule has 2 aromatic carbocycles. The zero-order chi connectivity index (χ0) is 13.9. The molecule has 3 rings (SSSR count). The average molecular weight is 396 g/mol. The Morgan fingerprint density at radius 2 is 1.90 bits per heavy atom. The predicted octanol–water partition coefficient (Wildman–Crippen LogP) is 4.50. The van der Waals surface area contributed by atoms with E-state index in [0.717, 1.165) is 26.0 Å². The van der Waals surface area contributed by atoms with Gasteiger partial charge in [0.15, 0.2) is 0 Å². The third-order valence-corrected chi connectivity index (χ3v) is 3.87. The van der Waals surface area contributed by atoms with E-state index in [1.54, 1.807) is 6.20 Å². The van der Waals surface area contributed by atoms with Gasteiger partial charge in [-0.3, -0.25) is 4.98 Å². The van der Waals surface area contributed by atoms with Gasteiger partial charge in [0, 0.05) is 3.57 Å². The Morgan fingerprint density at radius 1 is 1.10 bits per heavy atom. The highest BCUT2D eigenvalue weighted by Gasteiger charge is 2.03. The molecule has 1 heterocycles. The van der Waals surface area contributed by atoms with Crippen LogP contribution < -0.4 is 5.32 Å². The standard InChI is InChI=1S/C15H11ClIN3/c16-12-7-10(17)5-6-13(12)18-8-11-9-19-14-3-1-2-4-15(14)20-11/h1-7,9,18H,8H2.